The third-order valence-corrected chi connectivity index (χ3v) is 6.58. The Labute approximate surface area is 209 Å². The van der Waals surface area contributed by atoms with Crippen LogP contribution < -0.4 is 5.73 Å². The number of carbonyl (C=O) groups excluding carboxylic acids is 1. The summed E-state index contributed by atoms with van der Waals surface area (Å²) in [6, 6.07) is 21.9. The predicted octanol–water partition coefficient (Wildman–Crippen LogP) is 4.49. The van der Waals surface area contributed by atoms with Crippen molar-refractivity contribution < 1.29 is 23.1 Å². The van der Waals surface area contributed by atoms with Gasteiger partial charge in [0.2, 0.25) is 5.91 Å². The summed E-state index contributed by atoms with van der Waals surface area (Å²) in [7, 11) is 0. The number of halogens is 3. The van der Waals surface area contributed by atoms with E-state index in [1.165, 1.54) is 6.07 Å². The Morgan fingerprint density at radius 3 is 2.31 bits per heavy atom. The van der Waals surface area contributed by atoms with Crippen LogP contribution in [0.1, 0.15) is 28.7 Å². The van der Waals surface area contributed by atoms with Crippen molar-refractivity contribution in [2.24, 2.45) is 0 Å². The van der Waals surface area contributed by atoms with Gasteiger partial charge in [-0.25, -0.2) is 0 Å². The molecule has 1 heterocycles. The molecular weight excluding hydrogens is 467 g/mol. The Morgan fingerprint density at radius 1 is 0.917 bits per heavy atom. The van der Waals surface area contributed by atoms with Gasteiger partial charge < -0.3 is 15.7 Å². The van der Waals surface area contributed by atoms with Crippen LogP contribution in [-0.2, 0) is 30.4 Å². The van der Waals surface area contributed by atoms with Gasteiger partial charge in [0, 0.05) is 24.8 Å². The summed E-state index contributed by atoms with van der Waals surface area (Å²) in [4.78, 5) is 16.5. The van der Waals surface area contributed by atoms with Gasteiger partial charge in [0.05, 0.1) is 18.5 Å². The first kappa shape index (κ1) is 25.7. The average molecular weight is 498 g/mol. The van der Waals surface area contributed by atoms with Crippen LogP contribution in [0.15, 0.2) is 78.9 Å². The number of aryl methyl sites for hydroxylation is 1. The number of alkyl halides is 3. The smallest absolute Gasteiger partial charge is 0.399 e. The van der Waals surface area contributed by atoms with Crippen LogP contribution in [0.5, 0.6) is 0 Å². The van der Waals surface area contributed by atoms with Crippen LogP contribution in [0.3, 0.4) is 0 Å². The molecule has 1 aliphatic rings. The molecule has 1 amide bonds. The number of β-amino-alcohol motifs (C(OH)–C–C–N with tert-alkyl or cyclic N) is 1. The Hall–Kier alpha value is -3.36. The molecule has 1 unspecified atom stereocenters. The quantitative estimate of drug-likeness (QED) is 0.472. The Balaban J connectivity index is 1.51. The second-order valence-electron chi connectivity index (χ2n) is 9.25. The van der Waals surface area contributed by atoms with Crippen molar-refractivity contribution in [3.8, 4) is 0 Å². The zero-order valence-corrected chi connectivity index (χ0v) is 19.9. The molecule has 0 aromatic heterocycles. The molecule has 0 bridgehead atoms. The topological polar surface area (TPSA) is 69.8 Å². The maximum atomic E-state index is 13.2. The van der Waals surface area contributed by atoms with Crippen LogP contribution >= 0.6 is 0 Å². The van der Waals surface area contributed by atoms with Gasteiger partial charge in [-0.1, -0.05) is 60.7 Å². The number of anilines is 1. The minimum Gasteiger partial charge on any atom is -0.399 e. The molecule has 1 saturated heterocycles. The van der Waals surface area contributed by atoms with E-state index in [9.17, 15) is 23.1 Å². The minimum atomic E-state index is -4.44. The monoisotopic (exact) mass is 497 g/mol. The number of benzene rings is 3. The lowest BCUT2D eigenvalue weighted by atomic mass is 9.99. The second-order valence-corrected chi connectivity index (χ2v) is 9.25. The standard InChI is InChI=1S/C28H30F3N3O2/c29-28(30,31)23-8-4-7-22(15-23)17-34-25(14-11-20-5-2-1-3-6-20)18-33(19-27(34)36)26(35)16-21-9-12-24(32)13-10-21/h1-10,12-13,15,25,27,36H,11,14,16-19,32H2/t25-,27?/m0/s1. The van der Waals surface area contributed by atoms with E-state index in [0.29, 0.717) is 24.2 Å². The van der Waals surface area contributed by atoms with Crippen molar-refractivity contribution >= 4 is 11.6 Å². The largest absolute Gasteiger partial charge is 0.416 e. The molecule has 0 aliphatic carbocycles. The summed E-state index contributed by atoms with van der Waals surface area (Å²) in [5.41, 5.74) is 8.05. The molecule has 0 radical (unpaired) electrons. The van der Waals surface area contributed by atoms with Crippen LogP contribution in [0.25, 0.3) is 0 Å². The van der Waals surface area contributed by atoms with Crippen LogP contribution in [0, 0.1) is 0 Å². The maximum absolute atomic E-state index is 13.2. The number of aliphatic hydroxyl groups excluding tert-OH is 1. The fraction of sp³-hybridized carbons (Fsp3) is 0.321. The average Bonchev–Trinajstić information content (AvgIpc) is 2.86. The first-order valence-corrected chi connectivity index (χ1v) is 11.9. The molecule has 3 N–H and O–H groups in total. The molecule has 4 rings (SSSR count). The number of hydrogen-bond donors (Lipinski definition) is 2. The maximum Gasteiger partial charge on any atom is 0.416 e. The highest BCUT2D eigenvalue weighted by molar-refractivity contribution is 5.79. The molecule has 190 valence electrons. The van der Waals surface area contributed by atoms with E-state index in [0.717, 1.165) is 29.7 Å². The molecule has 0 spiro atoms. The number of hydrogen-bond acceptors (Lipinski definition) is 4. The third kappa shape index (κ3) is 6.65. The number of rotatable bonds is 7. The molecule has 0 saturated carbocycles. The van der Waals surface area contributed by atoms with Crippen molar-refractivity contribution in [2.45, 2.75) is 44.3 Å². The summed E-state index contributed by atoms with van der Waals surface area (Å²) >= 11 is 0. The summed E-state index contributed by atoms with van der Waals surface area (Å²) in [6.07, 6.45) is -3.88. The van der Waals surface area contributed by atoms with E-state index in [4.69, 9.17) is 5.73 Å². The number of nitrogen functional groups attached to an aromatic ring is 1. The minimum absolute atomic E-state index is 0.0919. The van der Waals surface area contributed by atoms with E-state index in [-0.39, 0.29) is 31.5 Å². The fourth-order valence-electron chi connectivity index (χ4n) is 4.63. The van der Waals surface area contributed by atoms with E-state index in [2.05, 4.69) is 0 Å². The number of carbonyl (C=O) groups is 1. The fourth-order valence-corrected chi connectivity index (χ4v) is 4.63. The molecular formula is C28H30F3N3O2. The summed E-state index contributed by atoms with van der Waals surface area (Å²) in [5, 5.41) is 11.0. The zero-order valence-electron chi connectivity index (χ0n) is 19.9. The predicted molar refractivity (Wildman–Crippen MR) is 133 cm³/mol. The molecule has 1 aliphatic heterocycles. The van der Waals surface area contributed by atoms with Gasteiger partial charge in [-0.15, -0.1) is 0 Å². The van der Waals surface area contributed by atoms with Crippen molar-refractivity contribution in [1.29, 1.82) is 0 Å². The first-order valence-electron chi connectivity index (χ1n) is 11.9. The van der Waals surface area contributed by atoms with Crippen molar-refractivity contribution in [2.75, 3.05) is 18.8 Å². The molecule has 2 atom stereocenters. The normalized spacial score (nSPS) is 18.8. The van der Waals surface area contributed by atoms with Gasteiger partial charge >= 0.3 is 6.18 Å². The van der Waals surface area contributed by atoms with Gasteiger partial charge in [-0.2, -0.15) is 13.2 Å². The highest BCUT2D eigenvalue weighted by Crippen LogP contribution is 2.30. The van der Waals surface area contributed by atoms with Crippen LogP contribution in [0.4, 0.5) is 18.9 Å². The highest BCUT2D eigenvalue weighted by Gasteiger charge is 2.36. The van der Waals surface area contributed by atoms with Gasteiger partial charge in [0.25, 0.3) is 0 Å². The third-order valence-electron chi connectivity index (χ3n) is 6.58. The Kier molecular flexibility index (Phi) is 7.96. The Morgan fingerprint density at radius 2 is 1.61 bits per heavy atom. The lowest BCUT2D eigenvalue weighted by molar-refractivity contribution is -0.146. The zero-order chi connectivity index (χ0) is 25.7. The Bertz CT molecular complexity index is 1150. The van der Waals surface area contributed by atoms with E-state index in [1.807, 2.05) is 35.2 Å². The number of piperazine rings is 1. The van der Waals surface area contributed by atoms with Crippen molar-refractivity contribution in [3.05, 3.63) is 101 Å². The highest BCUT2D eigenvalue weighted by atomic mass is 19.4. The molecule has 8 heteroatoms. The van der Waals surface area contributed by atoms with E-state index in [1.54, 1.807) is 35.2 Å². The molecule has 36 heavy (non-hydrogen) atoms. The first-order chi connectivity index (χ1) is 17.2. The number of amides is 1. The van der Waals surface area contributed by atoms with Gasteiger partial charge in [0.1, 0.15) is 6.23 Å². The van der Waals surface area contributed by atoms with Gasteiger partial charge in [-0.05, 0) is 47.7 Å². The van der Waals surface area contributed by atoms with Crippen LogP contribution in [0.2, 0.25) is 0 Å². The summed E-state index contributed by atoms with van der Waals surface area (Å²) in [6.45, 7) is 0.635. The summed E-state index contributed by atoms with van der Waals surface area (Å²) < 4.78 is 39.7. The number of aliphatic hydroxyl groups is 1. The molecule has 5 nitrogen and oxygen atoms in total. The molecule has 3 aromatic carbocycles. The van der Waals surface area contributed by atoms with Crippen molar-refractivity contribution in [1.82, 2.24) is 9.80 Å². The molecule has 1 fully saturated rings. The van der Waals surface area contributed by atoms with E-state index < -0.39 is 18.0 Å². The lowest BCUT2D eigenvalue weighted by Crippen LogP contribution is -2.59. The summed E-state index contributed by atoms with van der Waals surface area (Å²) in [5.74, 6) is -0.109. The van der Waals surface area contributed by atoms with Gasteiger partial charge in [0.15, 0.2) is 0 Å². The van der Waals surface area contributed by atoms with Crippen LogP contribution in [-0.4, -0.2) is 46.2 Å². The van der Waals surface area contributed by atoms with Gasteiger partial charge in [-0.3, -0.25) is 9.69 Å². The SMILES string of the molecule is Nc1ccc(CC(=O)N2CC(O)N(Cc3cccc(C(F)(F)F)c3)[C@@H](CCc3ccccc3)C2)cc1. The number of nitrogens with two attached hydrogens (primary N) is 1. The second kappa shape index (κ2) is 11.1. The lowest BCUT2D eigenvalue weighted by Gasteiger charge is -2.45. The van der Waals surface area contributed by atoms with Crippen molar-refractivity contribution in [3.63, 3.8) is 0 Å². The molecule has 3 aromatic rings. The number of nitrogens with zero attached hydrogens (tertiary/aromatic N) is 2. The van der Waals surface area contributed by atoms with E-state index >= 15 is 0 Å².